The van der Waals surface area contributed by atoms with Crippen LogP contribution in [0.15, 0.2) is 0 Å². The number of carboxylic acid groups (broad SMARTS) is 1. The third-order valence-electron chi connectivity index (χ3n) is 2.25. The molecule has 6 nitrogen and oxygen atoms in total. The normalized spacial score (nSPS) is 14.0. The van der Waals surface area contributed by atoms with Gasteiger partial charge < -0.3 is 15.7 Å². The average Bonchev–Trinajstić information content (AvgIpc) is 2.27. The van der Waals surface area contributed by atoms with Crippen molar-refractivity contribution in [3.63, 3.8) is 0 Å². The fraction of sp³-hybridized carbons (Fsp3) is 0.818. The predicted octanol–water partition coefficient (Wildman–Crippen LogP) is 0.554. The number of hydrogen-bond acceptors (Lipinski definition) is 3. The van der Waals surface area contributed by atoms with Gasteiger partial charge in [-0.1, -0.05) is 20.8 Å². The van der Waals surface area contributed by atoms with Crippen molar-refractivity contribution in [3.05, 3.63) is 0 Å². The zero-order valence-corrected chi connectivity index (χ0v) is 11.9. The number of nitrogens with one attached hydrogen (secondary N) is 2. The van der Waals surface area contributed by atoms with E-state index in [0.29, 0.717) is 17.9 Å². The van der Waals surface area contributed by atoms with Crippen LogP contribution in [-0.4, -0.2) is 45.4 Å². The highest BCUT2D eigenvalue weighted by molar-refractivity contribution is 7.84. The van der Waals surface area contributed by atoms with Gasteiger partial charge in [0.1, 0.15) is 6.04 Å². The number of carbonyl (C=O) groups is 2. The second-order valence-corrected chi connectivity index (χ2v) is 6.22. The summed E-state index contributed by atoms with van der Waals surface area (Å²) in [6.45, 7) is 5.86. The summed E-state index contributed by atoms with van der Waals surface area (Å²) in [6.07, 6.45) is 0.379. The van der Waals surface area contributed by atoms with Crippen LogP contribution < -0.4 is 10.6 Å². The molecule has 0 aliphatic heterocycles. The number of aliphatic carboxylic acids is 1. The molecule has 0 fully saturated rings. The fourth-order valence-electron chi connectivity index (χ4n) is 1.32. The summed E-state index contributed by atoms with van der Waals surface area (Å²) in [4.78, 5) is 22.3. The van der Waals surface area contributed by atoms with Gasteiger partial charge in [-0.25, -0.2) is 9.59 Å². The van der Waals surface area contributed by atoms with E-state index in [9.17, 15) is 13.8 Å². The first kappa shape index (κ1) is 16.9. The molecule has 1 unspecified atom stereocenters. The molecule has 7 heteroatoms. The molecular formula is C11H22N2O4S. The van der Waals surface area contributed by atoms with E-state index in [2.05, 4.69) is 10.6 Å². The molecule has 0 rings (SSSR count). The second kappa shape index (κ2) is 8.91. The van der Waals surface area contributed by atoms with E-state index in [0.717, 1.165) is 0 Å². The van der Waals surface area contributed by atoms with Gasteiger partial charge in [0.15, 0.2) is 0 Å². The third kappa shape index (κ3) is 8.05. The number of rotatable bonds is 8. The third-order valence-corrected chi connectivity index (χ3v) is 3.55. The molecule has 0 bridgehead atoms. The summed E-state index contributed by atoms with van der Waals surface area (Å²) >= 11 is 0. The molecule has 0 saturated heterocycles. The van der Waals surface area contributed by atoms with Gasteiger partial charge in [-0.2, -0.15) is 0 Å². The molecule has 106 valence electrons. The van der Waals surface area contributed by atoms with Crippen molar-refractivity contribution in [2.75, 3.05) is 18.1 Å². The lowest BCUT2D eigenvalue weighted by molar-refractivity contribution is -0.139. The van der Waals surface area contributed by atoms with E-state index in [1.165, 1.54) is 0 Å². The van der Waals surface area contributed by atoms with Crippen molar-refractivity contribution in [1.29, 1.82) is 0 Å². The molecule has 0 aromatic rings. The van der Waals surface area contributed by atoms with E-state index in [1.807, 2.05) is 13.8 Å². The van der Waals surface area contributed by atoms with E-state index in [-0.39, 0.29) is 12.5 Å². The van der Waals surface area contributed by atoms with Crippen LogP contribution >= 0.6 is 0 Å². The van der Waals surface area contributed by atoms with Crippen molar-refractivity contribution >= 4 is 22.8 Å². The van der Waals surface area contributed by atoms with E-state index in [4.69, 9.17) is 5.11 Å². The molecule has 0 aliphatic rings. The van der Waals surface area contributed by atoms with Gasteiger partial charge in [0.2, 0.25) is 0 Å². The van der Waals surface area contributed by atoms with Gasteiger partial charge >= 0.3 is 12.0 Å². The largest absolute Gasteiger partial charge is 0.480 e. The van der Waals surface area contributed by atoms with Crippen molar-refractivity contribution in [3.8, 4) is 0 Å². The predicted molar refractivity (Wildman–Crippen MR) is 71.0 cm³/mol. The molecule has 0 aromatic carbocycles. The smallest absolute Gasteiger partial charge is 0.326 e. The Morgan fingerprint density at radius 1 is 1.33 bits per heavy atom. The number of urea groups is 1. The molecule has 0 aliphatic carbocycles. The van der Waals surface area contributed by atoms with Gasteiger partial charge in [0.05, 0.1) is 0 Å². The molecule has 3 N–H and O–H groups in total. The second-order valence-electron chi connectivity index (χ2n) is 4.35. The number of hydrogen-bond donors (Lipinski definition) is 3. The minimum absolute atomic E-state index is 0.180. The van der Waals surface area contributed by atoms with Crippen LogP contribution in [0, 0.1) is 5.92 Å². The van der Waals surface area contributed by atoms with Crippen LogP contribution in [0.25, 0.3) is 0 Å². The maximum absolute atomic E-state index is 11.4. The summed E-state index contributed by atoms with van der Waals surface area (Å²) in [5.74, 6) is 0.0650. The summed E-state index contributed by atoms with van der Waals surface area (Å²) in [7, 11) is -0.933. The Kier molecular flexibility index (Phi) is 8.36. The Morgan fingerprint density at radius 2 is 1.94 bits per heavy atom. The lowest BCUT2D eigenvalue weighted by Crippen LogP contribution is -2.47. The van der Waals surface area contributed by atoms with Crippen LogP contribution in [0.5, 0.6) is 0 Å². The minimum Gasteiger partial charge on any atom is -0.480 e. The Balaban J connectivity index is 4.03. The van der Waals surface area contributed by atoms with Gasteiger partial charge in [0.25, 0.3) is 0 Å². The Labute approximate surface area is 110 Å². The van der Waals surface area contributed by atoms with Crippen LogP contribution in [0.2, 0.25) is 0 Å². The van der Waals surface area contributed by atoms with Gasteiger partial charge in [0, 0.05) is 28.9 Å². The van der Waals surface area contributed by atoms with Gasteiger partial charge in [-0.15, -0.1) is 0 Å². The molecular weight excluding hydrogens is 256 g/mol. The SMILES string of the molecule is CCS(=O)CCNC(=O)N[C@@H](CC(C)C)C(=O)O. The monoisotopic (exact) mass is 278 g/mol. The van der Waals surface area contributed by atoms with Crippen LogP contribution in [0.1, 0.15) is 27.2 Å². The highest BCUT2D eigenvalue weighted by atomic mass is 32.2. The topological polar surface area (TPSA) is 95.5 Å². The molecule has 0 radical (unpaired) electrons. The highest BCUT2D eigenvalue weighted by Crippen LogP contribution is 2.04. The summed E-state index contributed by atoms with van der Waals surface area (Å²) in [5, 5.41) is 13.8. The quantitative estimate of drug-likeness (QED) is 0.604. The molecule has 2 amide bonds. The van der Waals surface area contributed by atoms with Crippen molar-refractivity contribution in [1.82, 2.24) is 10.6 Å². The van der Waals surface area contributed by atoms with Crippen molar-refractivity contribution < 1.29 is 18.9 Å². The molecule has 0 aromatic heterocycles. The van der Waals surface area contributed by atoms with Crippen LogP contribution in [-0.2, 0) is 15.6 Å². The summed E-state index contributed by atoms with van der Waals surface area (Å²) in [6, 6.07) is -1.42. The first-order valence-corrected chi connectivity index (χ1v) is 7.47. The van der Waals surface area contributed by atoms with E-state index >= 15 is 0 Å². The molecule has 0 spiro atoms. The highest BCUT2D eigenvalue weighted by Gasteiger charge is 2.20. The zero-order chi connectivity index (χ0) is 14.1. The Hall–Kier alpha value is -1.11. The zero-order valence-electron chi connectivity index (χ0n) is 11.1. The number of amides is 2. The summed E-state index contributed by atoms with van der Waals surface area (Å²) < 4.78 is 11.1. The number of carboxylic acids is 1. The Bertz CT molecular complexity index is 307. The molecule has 2 atom stereocenters. The maximum atomic E-state index is 11.4. The Morgan fingerprint density at radius 3 is 2.39 bits per heavy atom. The lowest BCUT2D eigenvalue weighted by atomic mass is 10.0. The van der Waals surface area contributed by atoms with Crippen LogP contribution in [0.3, 0.4) is 0 Å². The first-order valence-electron chi connectivity index (χ1n) is 5.99. The number of carbonyl (C=O) groups excluding carboxylic acids is 1. The van der Waals surface area contributed by atoms with Crippen molar-refractivity contribution in [2.45, 2.75) is 33.2 Å². The van der Waals surface area contributed by atoms with Gasteiger partial charge in [-0.3, -0.25) is 4.21 Å². The van der Waals surface area contributed by atoms with Gasteiger partial charge in [-0.05, 0) is 12.3 Å². The van der Waals surface area contributed by atoms with Crippen molar-refractivity contribution in [2.24, 2.45) is 5.92 Å². The molecule has 18 heavy (non-hydrogen) atoms. The minimum atomic E-state index is -1.05. The molecule has 0 heterocycles. The standard InChI is InChI=1S/C11H22N2O4S/c1-4-18(17)6-5-12-11(16)13-9(10(14)15)7-8(2)3/h8-9H,4-7H2,1-3H3,(H,14,15)(H2,12,13,16)/t9-,18?/m0/s1. The van der Waals surface area contributed by atoms with E-state index in [1.54, 1.807) is 6.92 Å². The van der Waals surface area contributed by atoms with E-state index < -0.39 is 28.8 Å². The average molecular weight is 278 g/mol. The van der Waals surface area contributed by atoms with Crippen LogP contribution in [0.4, 0.5) is 4.79 Å². The lowest BCUT2D eigenvalue weighted by Gasteiger charge is -2.16. The fourth-order valence-corrected chi connectivity index (χ4v) is 1.94. The maximum Gasteiger partial charge on any atom is 0.326 e. The molecule has 0 saturated carbocycles. The summed E-state index contributed by atoms with van der Waals surface area (Å²) in [5.41, 5.74) is 0. The first-order chi connectivity index (χ1) is 8.36.